The molecule has 2 heterocycles. The largest absolute Gasteiger partial charge is 0.496 e. The quantitative estimate of drug-likeness (QED) is 0.808. The maximum Gasteiger partial charge on any atom is 0.191 e. The lowest BCUT2D eigenvalue weighted by atomic mass is 10.1. The van der Waals surface area contributed by atoms with Crippen molar-refractivity contribution < 1.29 is 4.74 Å². The van der Waals surface area contributed by atoms with Crippen molar-refractivity contribution in [2.45, 2.75) is 26.7 Å². The van der Waals surface area contributed by atoms with E-state index in [1.165, 1.54) is 0 Å². The SMILES string of the molecule is COc1ccc2c(=O)cc(-n3ccc(C(C)C)n3)[nH]c2c1C. The van der Waals surface area contributed by atoms with Crippen molar-refractivity contribution >= 4 is 10.9 Å². The summed E-state index contributed by atoms with van der Waals surface area (Å²) in [5, 5.41) is 5.17. The molecule has 0 fully saturated rings. The number of rotatable bonds is 3. The molecule has 0 radical (unpaired) electrons. The van der Waals surface area contributed by atoms with Gasteiger partial charge in [-0.2, -0.15) is 5.10 Å². The molecule has 5 nitrogen and oxygen atoms in total. The molecule has 0 bridgehead atoms. The van der Waals surface area contributed by atoms with Gasteiger partial charge in [0, 0.05) is 23.2 Å². The minimum atomic E-state index is -0.0314. The van der Waals surface area contributed by atoms with Gasteiger partial charge in [-0.25, -0.2) is 4.68 Å². The predicted molar refractivity (Wildman–Crippen MR) is 87.1 cm³/mol. The van der Waals surface area contributed by atoms with Crippen LogP contribution >= 0.6 is 0 Å². The minimum absolute atomic E-state index is 0.0314. The Balaban J connectivity index is 2.22. The third-order valence-electron chi connectivity index (χ3n) is 3.87. The highest BCUT2D eigenvalue weighted by molar-refractivity contribution is 5.84. The number of nitrogens with zero attached hydrogens (tertiary/aromatic N) is 2. The first-order valence-corrected chi connectivity index (χ1v) is 7.28. The van der Waals surface area contributed by atoms with Crippen LogP contribution in [0.2, 0.25) is 0 Å². The standard InChI is InChI=1S/C17H19N3O2/c1-10(2)13-7-8-20(19-13)16-9-14(21)12-5-6-15(22-4)11(3)17(12)18-16/h5-10H,1-4H3,(H,18,21). The summed E-state index contributed by atoms with van der Waals surface area (Å²) in [6.07, 6.45) is 1.86. The van der Waals surface area contributed by atoms with Crippen LogP contribution in [0.1, 0.15) is 31.0 Å². The number of aromatic amines is 1. The van der Waals surface area contributed by atoms with E-state index in [4.69, 9.17) is 4.74 Å². The van der Waals surface area contributed by atoms with E-state index < -0.39 is 0 Å². The molecule has 0 amide bonds. The maximum atomic E-state index is 12.4. The summed E-state index contributed by atoms with van der Waals surface area (Å²) < 4.78 is 7.03. The zero-order valence-electron chi connectivity index (χ0n) is 13.2. The van der Waals surface area contributed by atoms with E-state index >= 15 is 0 Å². The second-order valence-corrected chi connectivity index (χ2v) is 5.67. The van der Waals surface area contributed by atoms with Crippen LogP contribution in [0.15, 0.2) is 35.3 Å². The van der Waals surface area contributed by atoms with Gasteiger partial charge in [-0.05, 0) is 31.0 Å². The zero-order valence-corrected chi connectivity index (χ0v) is 13.2. The Morgan fingerprint density at radius 1 is 1.27 bits per heavy atom. The van der Waals surface area contributed by atoms with Crippen LogP contribution in [0, 0.1) is 6.92 Å². The number of hydrogen-bond donors (Lipinski definition) is 1. The number of H-pyrrole nitrogens is 1. The van der Waals surface area contributed by atoms with Crippen LogP contribution in [-0.4, -0.2) is 21.9 Å². The number of pyridine rings is 1. The maximum absolute atomic E-state index is 12.4. The Morgan fingerprint density at radius 2 is 2.05 bits per heavy atom. The van der Waals surface area contributed by atoms with E-state index in [1.54, 1.807) is 23.9 Å². The van der Waals surface area contributed by atoms with E-state index in [2.05, 4.69) is 23.9 Å². The van der Waals surface area contributed by atoms with Crippen LogP contribution in [-0.2, 0) is 0 Å². The predicted octanol–water partition coefficient (Wildman–Crippen LogP) is 3.15. The molecule has 0 spiro atoms. The first kappa shape index (κ1) is 14.4. The fourth-order valence-corrected chi connectivity index (χ4v) is 2.55. The Hall–Kier alpha value is -2.56. The van der Waals surface area contributed by atoms with Crippen molar-refractivity contribution in [2.24, 2.45) is 0 Å². The molecular formula is C17H19N3O2. The van der Waals surface area contributed by atoms with Gasteiger partial charge in [0.15, 0.2) is 5.43 Å². The molecule has 0 saturated carbocycles. The van der Waals surface area contributed by atoms with E-state index in [0.717, 1.165) is 22.5 Å². The summed E-state index contributed by atoms with van der Waals surface area (Å²) in [6.45, 7) is 6.11. The van der Waals surface area contributed by atoms with Crippen LogP contribution < -0.4 is 10.2 Å². The molecule has 2 aromatic heterocycles. The first-order chi connectivity index (χ1) is 10.5. The Kier molecular flexibility index (Phi) is 3.48. The van der Waals surface area contributed by atoms with Crippen LogP contribution in [0.4, 0.5) is 0 Å². The summed E-state index contributed by atoms with van der Waals surface area (Å²) in [7, 11) is 1.62. The van der Waals surface area contributed by atoms with Crippen molar-refractivity contribution in [2.75, 3.05) is 7.11 Å². The molecule has 3 aromatic rings. The molecule has 0 saturated heterocycles. The van der Waals surface area contributed by atoms with Crippen molar-refractivity contribution in [3.05, 3.63) is 51.9 Å². The molecule has 114 valence electrons. The summed E-state index contributed by atoms with van der Waals surface area (Å²) in [4.78, 5) is 15.7. The lowest BCUT2D eigenvalue weighted by Crippen LogP contribution is -2.09. The van der Waals surface area contributed by atoms with Crippen molar-refractivity contribution in [3.8, 4) is 11.6 Å². The van der Waals surface area contributed by atoms with Crippen LogP contribution in [0.25, 0.3) is 16.7 Å². The molecule has 0 aliphatic carbocycles. The number of methoxy groups -OCH3 is 1. The summed E-state index contributed by atoms with van der Waals surface area (Å²) >= 11 is 0. The number of hydrogen-bond acceptors (Lipinski definition) is 3. The van der Waals surface area contributed by atoms with E-state index in [-0.39, 0.29) is 5.43 Å². The van der Waals surface area contributed by atoms with Crippen molar-refractivity contribution in [1.82, 2.24) is 14.8 Å². The molecule has 5 heteroatoms. The van der Waals surface area contributed by atoms with Gasteiger partial charge >= 0.3 is 0 Å². The lowest BCUT2D eigenvalue weighted by Gasteiger charge is -2.10. The number of aromatic nitrogens is 3. The number of nitrogens with one attached hydrogen (secondary N) is 1. The summed E-state index contributed by atoms with van der Waals surface area (Å²) in [5.41, 5.74) is 2.65. The Morgan fingerprint density at radius 3 is 2.68 bits per heavy atom. The van der Waals surface area contributed by atoms with Crippen LogP contribution in [0.3, 0.4) is 0 Å². The third kappa shape index (κ3) is 2.28. The highest BCUT2D eigenvalue weighted by Crippen LogP contribution is 2.24. The summed E-state index contributed by atoms with van der Waals surface area (Å²) in [6, 6.07) is 7.14. The Labute approximate surface area is 128 Å². The molecule has 0 atom stereocenters. The fourth-order valence-electron chi connectivity index (χ4n) is 2.55. The fraction of sp³-hybridized carbons (Fsp3) is 0.294. The molecule has 0 aliphatic heterocycles. The van der Waals surface area contributed by atoms with Gasteiger partial charge in [-0.3, -0.25) is 4.79 Å². The minimum Gasteiger partial charge on any atom is -0.496 e. The smallest absolute Gasteiger partial charge is 0.191 e. The third-order valence-corrected chi connectivity index (χ3v) is 3.87. The van der Waals surface area contributed by atoms with Crippen molar-refractivity contribution in [3.63, 3.8) is 0 Å². The monoisotopic (exact) mass is 297 g/mol. The number of benzene rings is 1. The zero-order chi connectivity index (χ0) is 15.9. The molecule has 1 N–H and O–H groups in total. The van der Waals surface area contributed by atoms with E-state index in [0.29, 0.717) is 17.1 Å². The first-order valence-electron chi connectivity index (χ1n) is 7.28. The average Bonchev–Trinajstić information content (AvgIpc) is 2.98. The molecule has 22 heavy (non-hydrogen) atoms. The summed E-state index contributed by atoms with van der Waals surface area (Å²) in [5.74, 6) is 1.75. The van der Waals surface area contributed by atoms with Crippen molar-refractivity contribution in [1.29, 1.82) is 0 Å². The topological polar surface area (TPSA) is 59.9 Å². The lowest BCUT2D eigenvalue weighted by molar-refractivity contribution is 0.412. The van der Waals surface area contributed by atoms with Gasteiger partial charge in [0.1, 0.15) is 11.6 Å². The number of aryl methyl sites for hydroxylation is 1. The van der Waals surface area contributed by atoms with E-state index in [9.17, 15) is 4.79 Å². The van der Waals surface area contributed by atoms with Gasteiger partial charge in [0.05, 0.1) is 18.3 Å². The number of fused-ring (bicyclic) bond motifs is 1. The second-order valence-electron chi connectivity index (χ2n) is 5.67. The van der Waals surface area contributed by atoms with Crippen LogP contribution in [0.5, 0.6) is 5.75 Å². The highest BCUT2D eigenvalue weighted by Gasteiger charge is 2.11. The average molecular weight is 297 g/mol. The van der Waals surface area contributed by atoms with Gasteiger partial charge < -0.3 is 9.72 Å². The van der Waals surface area contributed by atoms with Gasteiger partial charge in [-0.15, -0.1) is 0 Å². The van der Waals surface area contributed by atoms with Gasteiger partial charge in [0.2, 0.25) is 0 Å². The number of ether oxygens (including phenoxy) is 1. The Bertz CT molecular complexity index is 891. The molecular weight excluding hydrogens is 278 g/mol. The normalized spacial score (nSPS) is 11.3. The van der Waals surface area contributed by atoms with Gasteiger partial charge in [-0.1, -0.05) is 13.8 Å². The highest BCUT2D eigenvalue weighted by atomic mass is 16.5. The molecule has 3 rings (SSSR count). The molecule has 1 aromatic carbocycles. The molecule has 0 unspecified atom stereocenters. The molecule has 0 aliphatic rings. The van der Waals surface area contributed by atoms with Gasteiger partial charge in [0.25, 0.3) is 0 Å². The second kappa shape index (κ2) is 5.33. The van der Waals surface area contributed by atoms with E-state index in [1.807, 2.05) is 25.3 Å².